The molecule has 1 aliphatic heterocycles. The van der Waals surface area contributed by atoms with Crippen molar-refractivity contribution in [3.63, 3.8) is 0 Å². The third kappa shape index (κ3) is 2.61. The molecule has 2 heteroatoms. The van der Waals surface area contributed by atoms with Crippen molar-refractivity contribution in [3.05, 3.63) is 88.7 Å². The van der Waals surface area contributed by atoms with Crippen LogP contribution in [0.4, 0.5) is 0 Å². The lowest BCUT2D eigenvalue weighted by Gasteiger charge is -2.15. The van der Waals surface area contributed by atoms with E-state index in [9.17, 15) is 4.79 Å². The van der Waals surface area contributed by atoms with Gasteiger partial charge in [-0.05, 0) is 23.6 Å². The first-order valence-electron chi connectivity index (χ1n) is 8.08. The van der Waals surface area contributed by atoms with Crippen LogP contribution >= 0.6 is 0 Å². The number of benzene rings is 2. The minimum Gasteiger partial charge on any atom is -0.485 e. The molecular weight excluding hydrogens is 284 g/mol. The van der Waals surface area contributed by atoms with E-state index in [-0.39, 0.29) is 11.9 Å². The molecule has 114 valence electrons. The van der Waals surface area contributed by atoms with Crippen molar-refractivity contribution < 1.29 is 9.53 Å². The Morgan fingerprint density at radius 3 is 2.35 bits per heavy atom. The zero-order valence-corrected chi connectivity index (χ0v) is 12.9. The highest BCUT2D eigenvalue weighted by molar-refractivity contribution is 6.03. The van der Waals surface area contributed by atoms with Crippen LogP contribution in [0.5, 0.6) is 0 Å². The van der Waals surface area contributed by atoms with E-state index >= 15 is 0 Å². The van der Waals surface area contributed by atoms with E-state index in [2.05, 4.69) is 30.3 Å². The second-order valence-electron chi connectivity index (χ2n) is 5.99. The average molecular weight is 302 g/mol. The molecule has 0 amide bonds. The summed E-state index contributed by atoms with van der Waals surface area (Å²) in [4.78, 5) is 12.5. The predicted octanol–water partition coefficient (Wildman–Crippen LogP) is 4.85. The van der Waals surface area contributed by atoms with Crippen LogP contribution in [0.15, 0.2) is 77.6 Å². The van der Waals surface area contributed by atoms with Gasteiger partial charge in [-0.2, -0.15) is 0 Å². The van der Waals surface area contributed by atoms with E-state index < -0.39 is 0 Å². The molecule has 0 saturated carbocycles. The minimum absolute atomic E-state index is 0.177. The Bertz CT molecular complexity index is 785. The van der Waals surface area contributed by atoms with Gasteiger partial charge >= 0.3 is 0 Å². The molecule has 0 radical (unpaired) electrons. The summed E-state index contributed by atoms with van der Waals surface area (Å²) in [6.07, 6.45) is 4.29. The number of carbonyl (C=O) groups is 1. The first kappa shape index (κ1) is 14.0. The van der Waals surface area contributed by atoms with Crippen molar-refractivity contribution in [2.75, 3.05) is 0 Å². The second kappa shape index (κ2) is 5.88. The Kier molecular flexibility index (Phi) is 3.58. The molecule has 0 N–H and O–H groups in total. The Morgan fingerprint density at radius 2 is 1.61 bits per heavy atom. The van der Waals surface area contributed by atoms with Gasteiger partial charge in [0.25, 0.3) is 0 Å². The maximum atomic E-state index is 12.5. The molecule has 2 nitrogen and oxygen atoms in total. The zero-order valence-electron chi connectivity index (χ0n) is 12.9. The van der Waals surface area contributed by atoms with Crippen LogP contribution in [-0.2, 0) is 9.53 Å². The molecule has 0 fully saturated rings. The van der Waals surface area contributed by atoms with Crippen molar-refractivity contribution in [1.29, 1.82) is 0 Å². The average Bonchev–Trinajstić information content (AvgIpc) is 2.96. The van der Waals surface area contributed by atoms with Crippen LogP contribution in [0.1, 0.15) is 36.5 Å². The van der Waals surface area contributed by atoms with E-state index in [1.165, 1.54) is 0 Å². The van der Waals surface area contributed by atoms with Gasteiger partial charge in [0.15, 0.2) is 5.78 Å². The largest absolute Gasteiger partial charge is 0.485 e. The molecule has 2 aliphatic rings. The fraction of sp³-hybridized carbons (Fsp3) is 0.190. The molecule has 1 atom stereocenters. The van der Waals surface area contributed by atoms with E-state index in [0.717, 1.165) is 40.9 Å². The topological polar surface area (TPSA) is 26.3 Å². The summed E-state index contributed by atoms with van der Waals surface area (Å²) in [5, 5.41) is 0. The van der Waals surface area contributed by atoms with Crippen LogP contribution in [0.2, 0.25) is 0 Å². The number of allylic oxidation sites excluding steroid dienone is 1. The Labute approximate surface area is 136 Å². The van der Waals surface area contributed by atoms with Crippen LogP contribution in [0.25, 0.3) is 6.08 Å². The molecule has 0 aromatic heterocycles. The summed E-state index contributed by atoms with van der Waals surface area (Å²) in [5.74, 6) is 1.09. The summed E-state index contributed by atoms with van der Waals surface area (Å²) in [7, 11) is 0. The Balaban J connectivity index is 1.82. The molecule has 0 bridgehead atoms. The van der Waals surface area contributed by atoms with E-state index in [1.807, 2.05) is 36.4 Å². The number of ketones is 1. The van der Waals surface area contributed by atoms with Gasteiger partial charge in [0.05, 0.1) is 5.57 Å². The van der Waals surface area contributed by atoms with Gasteiger partial charge in [0.1, 0.15) is 11.9 Å². The Hall–Kier alpha value is -2.61. The van der Waals surface area contributed by atoms with Gasteiger partial charge in [-0.1, -0.05) is 60.7 Å². The number of Topliss-reactive ketones (excluding diaryl/α,β-unsaturated/α-hetero) is 1. The molecule has 1 unspecified atom stereocenters. The third-order valence-electron chi connectivity index (χ3n) is 4.42. The standard InChI is InChI=1S/C21H18O2/c22-18-12-7-13-19-20(18)17(14-15-8-3-1-4-9-15)21(23-19)16-10-5-2-6-11-16/h1-6,8-11,14,21H,7,12-13H2/b17-14-. The van der Waals surface area contributed by atoms with Crippen molar-refractivity contribution in [3.8, 4) is 0 Å². The molecule has 1 heterocycles. The van der Waals surface area contributed by atoms with Gasteiger partial charge in [-0.25, -0.2) is 0 Å². The van der Waals surface area contributed by atoms with E-state index in [4.69, 9.17) is 4.74 Å². The molecule has 2 aromatic carbocycles. The fourth-order valence-corrected chi connectivity index (χ4v) is 3.34. The number of hydrogen-bond donors (Lipinski definition) is 0. The maximum Gasteiger partial charge on any atom is 0.166 e. The summed E-state index contributed by atoms with van der Waals surface area (Å²) in [5.41, 5.74) is 4.01. The second-order valence-corrected chi connectivity index (χ2v) is 5.99. The van der Waals surface area contributed by atoms with Crippen LogP contribution < -0.4 is 0 Å². The summed E-state index contributed by atoms with van der Waals surface area (Å²) < 4.78 is 6.20. The molecule has 23 heavy (non-hydrogen) atoms. The highest BCUT2D eigenvalue weighted by atomic mass is 16.5. The quantitative estimate of drug-likeness (QED) is 0.792. The first-order chi connectivity index (χ1) is 11.3. The molecule has 2 aromatic rings. The fourth-order valence-electron chi connectivity index (χ4n) is 3.34. The molecule has 0 spiro atoms. The maximum absolute atomic E-state index is 12.5. The van der Waals surface area contributed by atoms with E-state index in [0.29, 0.717) is 6.42 Å². The number of carbonyl (C=O) groups excluding carboxylic acids is 1. The highest BCUT2D eigenvalue weighted by Crippen LogP contribution is 2.46. The normalized spacial score (nSPS) is 22.2. The van der Waals surface area contributed by atoms with Gasteiger partial charge in [0, 0.05) is 18.4 Å². The first-order valence-corrected chi connectivity index (χ1v) is 8.08. The monoisotopic (exact) mass is 302 g/mol. The van der Waals surface area contributed by atoms with Gasteiger partial charge < -0.3 is 4.74 Å². The summed E-state index contributed by atoms with van der Waals surface area (Å²) >= 11 is 0. The lowest BCUT2D eigenvalue weighted by Crippen LogP contribution is -2.09. The minimum atomic E-state index is -0.177. The van der Waals surface area contributed by atoms with Crippen molar-refractivity contribution in [2.45, 2.75) is 25.4 Å². The third-order valence-corrected chi connectivity index (χ3v) is 4.42. The molecule has 4 rings (SSSR count). The van der Waals surface area contributed by atoms with Crippen molar-refractivity contribution >= 4 is 11.9 Å². The SMILES string of the molecule is O=C1CCCC2=C1/C(=C/c1ccccc1)C(c1ccccc1)O2. The van der Waals surface area contributed by atoms with Crippen molar-refractivity contribution in [1.82, 2.24) is 0 Å². The number of hydrogen-bond acceptors (Lipinski definition) is 2. The molecular formula is C21H18O2. The smallest absolute Gasteiger partial charge is 0.166 e. The van der Waals surface area contributed by atoms with E-state index in [1.54, 1.807) is 0 Å². The predicted molar refractivity (Wildman–Crippen MR) is 90.6 cm³/mol. The summed E-state index contributed by atoms with van der Waals surface area (Å²) in [6.45, 7) is 0. The van der Waals surface area contributed by atoms with Gasteiger partial charge in [-0.15, -0.1) is 0 Å². The van der Waals surface area contributed by atoms with Crippen LogP contribution in [0, 0.1) is 0 Å². The molecule has 0 saturated heterocycles. The number of rotatable bonds is 2. The lowest BCUT2D eigenvalue weighted by atomic mass is 9.88. The lowest BCUT2D eigenvalue weighted by molar-refractivity contribution is -0.115. The van der Waals surface area contributed by atoms with Crippen LogP contribution in [0.3, 0.4) is 0 Å². The zero-order chi connectivity index (χ0) is 15.6. The van der Waals surface area contributed by atoms with Gasteiger partial charge in [0.2, 0.25) is 0 Å². The molecule has 1 aliphatic carbocycles. The number of ether oxygens (including phenoxy) is 1. The highest BCUT2D eigenvalue weighted by Gasteiger charge is 2.37. The van der Waals surface area contributed by atoms with Gasteiger partial charge in [-0.3, -0.25) is 4.79 Å². The Morgan fingerprint density at radius 1 is 0.913 bits per heavy atom. The van der Waals surface area contributed by atoms with Crippen molar-refractivity contribution in [2.24, 2.45) is 0 Å². The van der Waals surface area contributed by atoms with Crippen LogP contribution in [-0.4, -0.2) is 5.78 Å². The summed E-state index contributed by atoms with van der Waals surface area (Å²) in [6, 6.07) is 20.3.